The van der Waals surface area contributed by atoms with Gasteiger partial charge in [-0.2, -0.15) is 0 Å². The third-order valence-corrected chi connectivity index (χ3v) is 2.24. The van der Waals surface area contributed by atoms with Crippen LogP contribution in [-0.2, 0) is 4.79 Å². The van der Waals surface area contributed by atoms with Crippen molar-refractivity contribution < 1.29 is 26.7 Å². The van der Waals surface area contributed by atoms with Gasteiger partial charge in [-0.1, -0.05) is 15.9 Å². The molecule has 0 bridgehead atoms. The Morgan fingerprint density at radius 3 is 1.71 bits per heavy atom. The second-order valence-corrected chi connectivity index (χ2v) is 4.42. The van der Waals surface area contributed by atoms with Crippen molar-refractivity contribution in [3.8, 4) is 0 Å². The highest BCUT2D eigenvalue weighted by molar-refractivity contribution is 9.10. The summed E-state index contributed by atoms with van der Waals surface area (Å²) in [5.41, 5.74) is -1.36. The highest BCUT2D eigenvalue weighted by atomic mass is 79.9. The van der Waals surface area contributed by atoms with Crippen LogP contribution in [-0.4, -0.2) is 10.7 Å². The van der Waals surface area contributed by atoms with E-state index in [2.05, 4.69) is 15.9 Å². The quantitative estimate of drug-likeness (QED) is 0.386. The number of rotatable bonds is 2. The maximum Gasteiger partial charge on any atom is 0.238 e. The van der Waals surface area contributed by atoms with Gasteiger partial charge in [-0.05, 0) is 6.92 Å². The number of carbonyl (C=O) groups is 1. The first-order valence-electron chi connectivity index (χ1n) is 4.23. The summed E-state index contributed by atoms with van der Waals surface area (Å²) in [7, 11) is 0. The number of halogens is 6. The molecule has 0 aliphatic carbocycles. The molecular weight excluding hydrogens is 313 g/mol. The van der Waals surface area contributed by atoms with Crippen molar-refractivity contribution in [3.63, 3.8) is 0 Å². The van der Waals surface area contributed by atoms with Gasteiger partial charge < -0.3 is 5.32 Å². The first-order valence-corrected chi connectivity index (χ1v) is 5.15. The van der Waals surface area contributed by atoms with Crippen LogP contribution in [0.5, 0.6) is 0 Å². The van der Waals surface area contributed by atoms with E-state index in [1.807, 2.05) is 0 Å². The number of hydrogen-bond acceptors (Lipinski definition) is 1. The molecule has 1 aromatic rings. The third kappa shape index (κ3) is 2.56. The molecule has 1 unspecified atom stereocenters. The third-order valence-electron chi connectivity index (χ3n) is 1.82. The molecule has 1 amide bonds. The van der Waals surface area contributed by atoms with Crippen molar-refractivity contribution >= 4 is 27.5 Å². The Kier molecular flexibility index (Phi) is 4.07. The van der Waals surface area contributed by atoms with Gasteiger partial charge in [-0.15, -0.1) is 0 Å². The Bertz CT molecular complexity index is 448. The lowest BCUT2D eigenvalue weighted by Crippen LogP contribution is -2.22. The van der Waals surface area contributed by atoms with E-state index in [-0.39, 0.29) is 0 Å². The van der Waals surface area contributed by atoms with Crippen molar-refractivity contribution in [2.24, 2.45) is 0 Å². The number of anilines is 1. The van der Waals surface area contributed by atoms with Crippen LogP contribution in [0.1, 0.15) is 6.92 Å². The Hall–Kier alpha value is -1.18. The Morgan fingerprint density at radius 1 is 1.00 bits per heavy atom. The fourth-order valence-electron chi connectivity index (χ4n) is 0.937. The van der Waals surface area contributed by atoms with Crippen molar-refractivity contribution in [1.29, 1.82) is 0 Å². The molecule has 0 aromatic heterocycles. The first-order chi connectivity index (χ1) is 7.77. The zero-order valence-electron chi connectivity index (χ0n) is 8.25. The van der Waals surface area contributed by atoms with E-state index in [1.54, 1.807) is 5.32 Å². The van der Waals surface area contributed by atoms with Gasteiger partial charge in [0, 0.05) is 0 Å². The van der Waals surface area contributed by atoms with Crippen LogP contribution in [0.15, 0.2) is 0 Å². The zero-order chi connectivity index (χ0) is 13.3. The number of amides is 1. The summed E-state index contributed by atoms with van der Waals surface area (Å²) in [5.74, 6) is -11.6. The highest BCUT2D eigenvalue weighted by Crippen LogP contribution is 2.27. The molecule has 1 rings (SSSR count). The molecule has 8 heteroatoms. The van der Waals surface area contributed by atoms with Crippen molar-refractivity contribution in [2.75, 3.05) is 5.32 Å². The minimum atomic E-state index is -2.27. The molecule has 0 spiro atoms. The van der Waals surface area contributed by atoms with Crippen LogP contribution in [0, 0.1) is 29.1 Å². The van der Waals surface area contributed by atoms with Crippen molar-refractivity contribution in [2.45, 2.75) is 11.8 Å². The summed E-state index contributed by atoms with van der Waals surface area (Å²) in [5, 5.41) is 1.60. The van der Waals surface area contributed by atoms with Gasteiger partial charge in [0.1, 0.15) is 5.69 Å². The molecule has 94 valence electrons. The predicted molar refractivity (Wildman–Crippen MR) is 53.3 cm³/mol. The molecular formula is C9H5BrF5NO. The second-order valence-electron chi connectivity index (χ2n) is 3.05. The zero-order valence-corrected chi connectivity index (χ0v) is 9.84. The highest BCUT2D eigenvalue weighted by Gasteiger charge is 2.27. The van der Waals surface area contributed by atoms with Crippen molar-refractivity contribution in [1.82, 2.24) is 0 Å². The van der Waals surface area contributed by atoms with E-state index in [9.17, 15) is 26.7 Å². The summed E-state index contributed by atoms with van der Waals surface area (Å²) in [6, 6.07) is 0. The van der Waals surface area contributed by atoms with Gasteiger partial charge in [-0.25, -0.2) is 22.0 Å². The number of carbonyl (C=O) groups excluding carboxylic acids is 1. The lowest BCUT2D eigenvalue weighted by atomic mass is 10.2. The fourth-order valence-corrected chi connectivity index (χ4v) is 1.05. The normalized spacial score (nSPS) is 12.4. The summed E-state index contributed by atoms with van der Waals surface area (Å²) < 4.78 is 64.3. The molecule has 0 saturated heterocycles. The maximum absolute atomic E-state index is 13.1. The average molecular weight is 318 g/mol. The Morgan fingerprint density at radius 2 is 1.35 bits per heavy atom. The SMILES string of the molecule is CC(Br)C(=O)Nc1c(F)c(F)c(F)c(F)c1F. The second kappa shape index (κ2) is 4.99. The number of benzene rings is 1. The van der Waals surface area contributed by atoms with Gasteiger partial charge in [0.15, 0.2) is 23.3 Å². The number of hydrogen-bond donors (Lipinski definition) is 1. The topological polar surface area (TPSA) is 29.1 Å². The van der Waals surface area contributed by atoms with Crippen LogP contribution in [0.3, 0.4) is 0 Å². The molecule has 1 N–H and O–H groups in total. The largest absolute Gasteiger partial charge is 0.320 e. The van der Waals surface area contributed by atoms with Crippen LogP contribution in [0.4, 0.5) is 27.6 Å². The van der Waals surface area contributed by atoms with Gasteiger partial charge >= 0.3 is 0 Å². The Balaban J connectivity index is 3.30. The molecule has 1 atom stereocenters. The van der Waals surface area contributed by atoms with Crippen LogP contribution < -0.4 is 5.32 Å². The van der Waals surface area contributed by atoms with E-state index >= 15 is 0 Å². The van der Waals surface area contributed by atoms with E-state index < -0.39 is 45.5 Å². The molecule has 0 saturated carbocycles. The molecule has 0 radical (unpaired) electrons. The number of alkyl halides is 1. The number of nitrogens with one attached hydrogen (secondary N) is 1. The summed E-state index contributed by atoms with van der Waals surface area (Å²) >= 11 is 2.78. The van der Waals surface area contributed by atoms with Gasteiger partial charge in [0.2, 0.25) is 11.7 Å². The average Bonchev–Trinajstić information content (AvgIpc) is 2.29. The molecule has 0 heterocycles. The predicted octanol–water partition coefficient (Wildman–Crippen LogP) is 3.10. The van der Waals surface area contributed by atoms with Gasteiger partial charge in [-0.3, -0.25) is 4.79 Å². The molecule has 0 fully saturated rings. The van der Waals surface area contributed by atoms with E-state index in [0.717, 1.165) is 0 Å². The summed E-state index contributed by atoms with van der Waals surface area (Å²) in [6.45, 7) is 1.32. The van der Waals surface area contributed by atoms with Crippen LogP contribution in [0.25, 0.3) is 0 Å². The molecule has 2 nitrogen and oxygen atoms in total. The van der Waals surface area contributed by atoms with E-state index in [1.165, 1.54) is 6.92 Å². The molecule has 0 aliphatic rings. The smallest absolute Gasteiger partial charge is 0.238 e. The van der Waals surface area contributed by atoms with Gasteiger partial charge in [0.25, 0.3) is 0 Å². The van der Waals surface area contributed by atoms with Crippen LogP contribution >= 0.6 is 15.9 Å². The Labute approximate surface area is 101 Å². The molecule has 1 aromatic carbocycles. The van der Waals surface area contributed by atoms with Crippen molar-refractivity contribution in [3.05, 3.63) is 29.1 Å². The lowest BCUT2D eigenvalue weighted by molar-refractivity contribution is -0.115. The summed E-state index contributed by atoms with van der Waals surface area (Å²) in [4.78, 5) is 10.2. The standard InChI is InChI=1S/C9H5BrF5NO/c1-2(10)9(17)16-8-6(14)4(12)3(11)5(13)7(8)15/h2H,1H3,(H,16,17). The molecule has 17 heavy (non-hydrogen) atoms. The minimum Gasteiger partial charge on any atom is -0.320 e. The van der Waals surface area contributed by atoms with Crippen LogP contribution in [0.2, 0.25) is 0 Å². The fraction of sp³-hybridized carbons (Fsp3) is 0.222. The van der Waals surface area contributed by atoms with E-state index in [4.69, 9.17) is 0 Å². The maximum atomic E-state index is 13.1. The monoisotopic (exact) mass is 317 g/mol. The first kappa shape index (κ1) is 13.9. The summed E-state index contributed by atoms with van der Waals surface area (Å²) in [6.07, 6.45) is 0. The minimum absolute atomic E-state index is 0.850. The lowest BCUT2D eigenvalue weighted by Gasteiger charge is -2.10. The van der Waals surface area contributed by atoms with Gasteiger partial charge in [0.05, 0.1) is 4.83 Å². The molecule has 0 aliphatic heterocycles. The van der Waals surface area contributed by atoms with E-state index in [0.29, 0.717) is 0 Å².